The molecular weight excluding hydrogens is 446 g/mol. The maximum Gasteiger partial charge on any atom is 0.303 e. The number of carboxylic acid groups (broad SMARTS) is 1. The Morgan fingerprint density at radius 3 is 2.74 bits per heavy atom. The Labute approximate surface area is 203 Å². The van der Waals surface area contributed by atoms with Gasteiger partial charge in [-0.05, 0) is 74.4 Å². The molecule has 1 aliphatic heterocycles. The Kier molecular flexibility index (Phi) is 5.93. The number of nitriles is 1. The van der Waals surface area contributed by atoms with Crippen LogP contribution in [0.1, 0.15) is 65.6 Å². The molecular formula is C27H27N3O5. The number of rotatable bonds is 8. The summed E-state index contributed by atoms with van der Waals surface area (Å²) >= 11 is 0. The summed E-state index contributed by atoms with van der Waals surface area (Å²) in [4.78, 5) is 36.9. The van der Waals surface area contributed by atoms with Crippen LogP contribution in [0.3, 0.4) is 0 Å². The van der Waals surface area contributed by atoms with Gasteiger partial charge in [-0.3, -0.25) is 14.4 Å². The number of carbonyl (C=O) groups excluding carboxylic acids is 2. The molecule has 2 fully saturated rings. The number of carbonyl (C=O) groups is 3. The fourth-order valence-electron chi connectivity index (χ4n) is 5.01. The number of nitrogens with one attached hydrogen (secondary N) is 2. The van der Waals surface area contributed by atoms with Gasteiger partial charge in [0.15, 0.2) is 0 Å². The van der Waals surface area contributed by atoms with Gasteiger partial charge in [0.05, 0.1) is 18.2 Å². The van der Waals surface area contributed by atoms with Crippen LogP contribution in [0, 0.1) is 17.2 Å². The SMILES string of the molecule is N#Cc1ccc(CCCC(=O)O)c(NC(=O)[C@@H]2C[C@]23CCOc2ccc(C(=O)NC4CC4)cc23)c1. The largest absolute Gasteiger partial charge is 0.493 e. The first kappa shape index (κ1) is 22.9. The van der Waals surface area contributed by atoms with Crippen molar-refractivity contribution in [3.05, 3.63) is 58.7 Å². The first-order valence-corrected chi connectivity index (χ1v) is 12.0. The number of fused-ring (bicyclic) bond motifs is 2. The van der Waals surface area contributed by atoms with E-state index < -0.39 is 5.97 Å². The van der Waals surface area contributed by atoms with E-state index in [2.05, 4.69) is 16.7 Å². The second-order valence-corrected chi connectivity index (χ2v) is 9.69. The van der Waals surface area contributed by atoms with Gasteiger partial charge < -0.3 is 20.5 Å². The molecule has 1 heterocycles. The molecule has 35 heavy (non-hydrogen) atoms. The average molecular weight is 474 g/mol. The molecule has 180 valence electrons. The third kappa shape index (κ3) is 4.72. The summed E-state index contributed by atoms with van der Waals surface area (Å²) in [6.45, 7) is 0.509. The summed E-state index contributed by atoms with van der Waals surface area (Å²) in [6.07, 6.45) is 4.33. The molecule has 5 rings (SSSR count). The second-order valence-electron chi connectivity index (χ2n) is 9.69. The van der Waals surface area contributed by atoms with E-state index in [0.29, 0.717) is 49.1 Å². The molecule has 3 aliphatic rings. The minimum Gasteiger partial charge on any atom is -0.493 e. The standard InChI is InChI=1S/C27H27N3O5/c28-15-16-4-5-17(2-1-3-24(31)32)22(12-16)30-26(34)21-14-27(21)10-11-35-23-9-6-18(13-20(23)27)25(33)29-19-7-8-19/h4-6,9,12-13,19,21H,1-3,7-8,10-11,14H2,(H,29,33)(H,30,34)(H,31,32)/t21-,27-/m0/s1. The minimum absolute atomic E-state index is 0.0343. The maximum absolute atomic E-state index is 13.4. The van der Waals surface area contributed by atoms with Crippen molar-refractivity contribution in [3.8, 4) is 11.8 Å². The van der Waals surface area contributed by atoms with Crippen LogP contribution in [-0.4, -0.2) is 35.5 Å². The van der Waals surface area contributed by atoms with Crippen LogP contribution >= 0.6 is 0 Å². The molecule has 2 aromatic rings. The molecule has 8 nitrogen and oxygen atoms in total. The van der Waals surface area contributed by atoms with Gasteiger partial charge in [0, 0.05) is 40.6 Å². The molecule has 8 heteroatoms. The zero-order valence-electron chi connectivity index (χ0n) is 19.3. The molecule has 0 saturated heterocycles. The highest BCUT2D eigenvalue weighted by molar-refractivity contribution is 5.98. The Hall–Kier alpha value is -3.86. The van der Waals surface area contributed by atoms with Gasteiger partial charge in [0.25, 0.3) is 5.91 Å². The monoisotopic (exact) mass is 473 g/mol. The lowest BCUT2D eigenvalue weighted by atomic mass is 9.86. The summed E-state index contributed by atoms with van der Waals surface area (Å²) in [5.74, 6) is -0.662. The molecule has 0 radical (unpaired) electrons. The Morgan fingerprint density at radius 2 is 2.00 bits per heavy atom. The Morgan fingerprint density at radius 1 is 1.17 bits per heavy atom. The van der Waals surface area contributed by atoms with Crippen molar-refractivity contribution < 1.29 is 24.2 Å². The van der Waals surface area contributed by atoms with E-state index in [1.807, 2.05) is 12.1 Å². The number of benzene rings is 2. The van der Waals surface area contributed by atoms with Crippen molar-refractivity contribution in [3.63, 3.8) is 0 Å². The number of hydrogen-bond acceptors (Lipinski definition) is 5. The van der Waals surface area contributed by atoms with Crippen molar-refractivity contribution >= 4 is 23.5 Å². The molecule has 0 unspecified atom stereocenters. The van der Waals surface area contributed by atoms with Gasteiger partial charge in [0.2, 0.25) is 5.91 Å². The number of amides is 2. The van der Waals surface area contributed by atoms with E-state index in [1.165, 1.54) is 0 Å². The van der Waals surface area contributed by atoms with Crippen LogP contribution in [-0.2, 0) is 21.4 Å². The number of aryl methyl sites for hydroxylation is 1. The van der Waals surface area contributed by atoms with Gasteiger partial charge >= 0.3 is 5.97 Å². The maximum atomic E-state index is 13.4. The number of hydrogen-bond donors (Lipinski definition) is 3. The molecule has 3 N–H and O–H groups in total. The normalized spacial score (nSPS) is 21.9. The topological polar surface area (TPSA) is 129 Å². The smallest absolute Gasteiger partial charge is 0.303 e. The van der Waals surface area contributed by atoms with Crippen LogP contribution < -0.4 is 15.4 Å². The summed E-state index contributed by atoms with van der Waals surface area (Å²) < 4.78 is 5.84. The molecule has 2 aliphatic carbocycles. The molecule has 0 aromatic heterocycles. The Bertz CT molecular complexity index is 1250. The summed E-state index contributed by atoms with van der Waals surface area (Å²) in [7, 11) is 0. The molecule has 2 aromatic carbocycles. The van der Waals surface area contributed by atoms with Gasteiger partial charge in [-0.15, -0.1) is 0 Å². The molecule has 1 spiro atoms. The molecule has 2 saturated carbocycles. The lowest BCUT2D eigenvalue weighted by Gasteiger charge is -2.27. The van der Waals surface area contributed by atoms with Gasteiger partial charge in [0.1, 0.15) is 5.75 Å². The van der Waals surface area contributed by atoms with Crippen LogP contribution in [0.4, 0.5) is 5.69 Å². The highest BCUT2D eigenvalue weighted by Crippen LogP contribution is 2.61. The predicted molar refractivity (Wildman–Crippen MR) is 127 cm³/mol. The van der Waals surface area contributed by atoms with Crippen LogP contribution in [0.25, 0.3) is 0 Å². The third-order valence-corrected chi connectivity index (χ3v) is 7.22. The van der Waals surface area contributed by atoms with Crippen LogP contribution in [0.2, 0.25) is 0 Å². The zero-order chi connectivity index (χ0) is 24.6. The highest BCUT2D eigenvalue weighted by Gasteiger charge is 2.61. The van der Waals surface area contributed by atoms with Crippen LogP contribution in [0.15, 0.2) is 36.4 Å². The first-order valence-electron chi connectivity index (χ1n) is 12.0. The highest BCUT2D eigenvalue weighted by atomic mass is 16.5. The number of ether oxygens (including phenoxy) is 1. The van der Waals surface area contributed by atoms with E-state index in [0.717, 1.165) is 29.7 Å². The van der Waals surface area contributed by atoms with E-state index in [-0.39, 0.29) is 35.6 Å². The van der Waals surface area contributed by atoms with Crippen molar-refractivity contribution in [2.24, 2.45) is 5.92 Å². The van der Waals surface area contributed by atoms with Gasteiger partial charge in [-0.1, -0.05) is 6.07 Å². The van der Waals surface area contributed by atoms with Crippen molar-refractivity contribution in [2.75, 3.05) is 11.9 Å². The summed E-state index contributed by atoms with van der Waals surface area (Å²) in [5, 5.41) is 24.3. The fraction of sp³-hybridized carbons (Fsp3) is 0.407. The van der Waals surface area contributed by atoms with E-state index in [1.54, 1.807) is 24.3 Å². The van der Waals surface area contributed by atoms with E-state index in [9.17, 15) is 19.6 Å². The lowest BCUT2D eigenvalue weighted by molar-refractivity contribution is -0.137. The van der Waals surface area contributed by atoms with Crippen molar-refractivity contribution in [1.29, 1.82) is 5.26 Å². The zero-order valence-corrected chi connectivity index (χ0v) is 19.3. The van der Waals surface area contributed by atoms with E-state index in [4.69, 9.17) is 9.84 Å². The van der Waals surface area contributed by atoms with Crippen molar-refractivity contribution in [2.45, 2.75) is 56.4 Å². The van der Waals surface area contributed by atoms with Gasteiger partial charge in [-0.2, -0.15) is 5.26 Å². The number of aliphatic carboxylic acids is 1. The number of anilines is 1. The van der Waals surface area contributed by atoms with Gasteiger partial charge in [-0.25, -0.2) is 0 Å². The number of carboxylic acids is 1. The quantitative estimate of drug-likeness (QED) is 0.538. The Balaban J connectivity index is 1.35. The van der Waals surface area contributed by atoms with Crippen LogP contribution in [0.5, 0.6) is 5.75 Å². The first-order chi connectivity index (χ1) is 16.9. The summed E-state index contributed by atoms with van der Waals surface area (Å²) in [6, 6.07) is 12.9. The lowest BCUT2D eigenvalue weighted by Crippen LogP contribution is -2.29. The van der Waals surface area contributed by atoms with Crippen molar-refractivity contribution in [1.82, 2.24) is 5.32 Å². The number of nitrogens with zero attached hydrogens (tertiary/aromatic N) is 1. The predicted octanol–water partition coefficient (Wildman–Crippen LogP) is 3.54. The molecule has 2 atom stereocenters. The second kappa shape index (κ2) is 9.06. The van der Waals surface area contributed by atoms with E-state index >= 15 is 0 Å². The fourth-order valence-corrected chi connectivity index (χ4v) is 5.01. The third-order valence-electron chi connectivity index (χ3n) is 7.22. The molecule has 2 amide bonds. The average Bonchev–Trinajstić information content (AvgIpc) is 3.77. The molecule has 0 bridgehead atoms. The minimum atomic E-state index is -0.868. The summed E-state index contributed by atoms with van der Waals surface area (Å²) in [5.41, 5.74) is 2.89.